The number of carbonyl (C=O) groups excluding carboxylic acids is 1. The van der Waals surface area contributed by atoms with E-state index in [0.29, 0.717) is 0 Å². The molecular formula is C15H24N2O3. The van der Waals surface area contributed by atoms with Gasteiger partial charge in [-0.1, -0.05) is 18.2 Å². The first kappa shape index (κ1) is 16.5. The van der Waals surface area contributed by atoms with E-state index in [4.69, 9.17) is 9.84 Å². The summed E-state index contributed by atoms with van der Waals surface area (Å²) >= 11 is 0. The highest BCUT2D eigenvalue weighted by Crippen LogP contribution is 2.24. The third-order valence-electron chi connectivity index (χ3n) is 3.39. The minimum Gasteiger partial charge on any atom is -0.496 e. The fourth-order valence-electron chi connectivity index (χ4n) is 1.91. The van der Waals surface area contributed by atoms with Crippen molar-refractivity contribution >= 4 is 5.91 Å². The highest BCUT2D eigenvalue weighted by atomic mass is 16.5. The van der Waals surface area contributed by atoms with Gasteiger partial charge in [0.2, 0.25) is 5.91 Å². The van der Waals surface area contributed by atoms with Gasteiger partial charge in [0.15, 0.2) is 0 Å². The summed E-state index contributed by atoms with van der Waals surface area (Å²) in [7, 11) is 3.43. The number of carbonyl (C=O) groups is 1. The van der Waals surface area contributed by atoms with Crippen LogP contribution >= 0.6 is 0 Å². The standard InChI is InChI=1S/C15H24N2O3/c1-11(10-18)17(3)9-15(19)16-12(2)13-7-5-6-8-14(13)20-4/h5-8,11-12,18H,9-10H2,1-4H3,(H,16,19). The summed E-state index contributed by atoms with van der Waals surface area (Å²) in [6, 6.07) is 7.45. The molecule has 1 amide bonds. The van der Waals surface area contributed by atoms with Gasteiger partial charge in [-0.2, -0.15) is 0 Å². The van der Waals surface area contributed by atoms with Gasteiger partial charge in [-0.3, -0.25) is 9.69 Å². The molecule has 1 aromatic carbocycles. The Balaban J connectivity index is 2.61. The quantitative estimate of drug-likeness (QED) is 0.787. The van der Waals surface area contributed by atoms with Crippen LogP contribution in [0.2, 0.25) is 0 Å². The van der Waals surface area contributed by atoms with Gasteiger partial charge < -0.3 is 15.2 Å². The van der Waals surface area contributed by atoms with Crippen molar-refractivity contribution in [2.75, 3.05) is 27.3 Å². The van der Waals surface area contributed by atoms with E-state index in [-0.39, 0.29) is 31.1 Å². The van der Waals surface area contributed by atoms with E-state index in [1.165, 1.54) is 0 Å². The number of hydrogen-bond donors (Lipinski definition) is 2. The number of aliphatic hydroxyl groups excluding tert-OH is 1. The fourth-order valence-corrected chi connectivity index (χ4v) is 1.91. The molecular weight excluding hydrogens is 256 g/mol. The maximum Gasteiger partial charge on any atom is 0.234 e. The molecule has 0 saturated heterocycles. The lowest BCUT2D eigenvalue weighted by Crippen LogP contribution is -2.41. The zero-order valence-electron chi connectivity index (χ0n) is 12.6. The van der Waals surface area contributed by atoms with E-state index >= 15 is 0 Å². The predicted octanol–water partition coefficient (Wildman–Crippen LogP) is 1.19. The van der Waals surface area contributed by atoms with Gasteiger partial charge in [0.1, 0.15) is 5.75 Å². The minimum atomic E-state index is -0.128. The molecule has 20 heavy (non-hydrogen) atoms. The Morgan fingerprint density at radius 2 is 2.05 bits per heavy atom. The molecule has 0 fully saturated rings. The number of methoxy groups -OCH3 is 1. The minimum absolute atomic E-state index is 0.0336. The van der Waals surface area contributed by atoms with Crippen LogP contribution in [0.3, 0.4) is 0 Å². The lowest BCUT2D eigenvalue weighted by atomic mass is 10.1. The molecule has 0 spiro atoms. The largest absolute Gasteiger partial charge is 0.496 e. The first-order chi connectivity index (χ1) is 9.49. The zero-order chi connectivity index (χ0) is 15.1. The molecule has 2 unspecified atom stereocenters. The average molecular weight is 280 g/mol. The van der Waals surface area contributed by atoms with E-state index in [1.807, 2.05) is 50.1 Å². The van der Waals surface area contributed by atoms with Crippen molar-refractivity contribution in [1.29, 1.82) is 0 Å². The van der Waals surface area contributed by atoms with Gasteiger partial charge in [0, 0.05) is 11.6 Å². The topological polar surface area (TPSA) is 61.8 Å². The van der Waals surface area contributed by atoms with Gasteiger partial charge in [-0.25, -0.2) is 0 Å². The Hall–Kier alpha value is -1.59. The van der Waals surface area contributed by atoms with Crippen molar-refractivity contribution in [3.63, 3.8) is 0 Å². The van der Waals surface area contributed by atoms with Gasteiger partial charge in [-0.05, 0) is 27.0 Å². The Labute approximate surface area is 120 Å². The maximum absolute atomic E-state index is 12.0. The van der Waals surface area contributed by atoms with Crippen molar-refractivity contribution in [2.45, 2.75) is 25.9 Å². The Morgan fingerprint density at radius 3 is 2.65 bits per heavy atom. The first-order valence-electron chi connectivity index (χ1n) is 6.73. The molecule has 5 heteroatoms. The van der Waals surface area contributed by atoms with Crippen LogP contribution in [-0.4, -0.2) is 49.3 Å². The Kier molecular flexibility index (Phi) is 6.48. The monoisotopic (exact) mass is 280 g/mol. The molecule has 5 nitrogen and oxygen atoms in total. The number of nitrogens with zero attached hydrogens (tertiary/aromatic N) is 1. The van der Waals surface area contributed by atoms with Crippen molar-refractivity contribution in [3.05, 3.63) is 29.8 Å². The maximum atomic E-state index is 12.0. The molecule has 0 saturated carbocycles. The van der Waals surface area contributed by atoms with Crippen LogP contribution in [0.15, 0.2) is 24.3 Å². The molecule has 0 aliphatic carbocycles. The van der Waals surface area contributed by atoms with E-state index in [2.05, 4.69) is 5.32 Å². The third kappa shape index (κ3) is 4.51. The Morgan fingerprint density at radius 1 is 1.40 bits per heavy atom. The van der Waals surface area contributed by atoms with Crippen molar-refractivity contribution < 1.29 is 14.6 Å². The number of nitrogens with one attached hydrogen (secondary N) is 1. The normalized spacial score (nSPS) is 13.9. The second kappa shape index (κ2) is 7.87. The van der Waals surface area contributed by atoms with Crippen LogP contribution in [0, 0.1) is 0 Å². The molecule has 2 N–H and O–H groups in total. The second-order valence-corrected chi connectivity index (χ2v) is 4.98. The van der Waals surface area contributed by atoms with Crippen molar-refractivity contribution in [3.8, 4) is 5.75 Å². The fraction of sp³-hybridized carbons (Fsp3) is 0.533. The molecule has 0 aromatic heterocycles. The van der Waals surface area contributed by atoms with Crippen LogP contribution in [0.5, 0.6) is 5.75 Å². The number of rotatable bonds is 7. The average Bonchev–Trinajstić information content (AvgIpc) is 2.45. The number of aliphatic hydroxyl groups is 1. The summed E-state index contributed by atoms with van der Waals surface area (Å²) in [4.78, 5) is 13.8. The lowest BCUT2D eigenvalue weighted by Gasteiger charge is -2.23. The molecule has 0 aliphatic heterocycles. The van der Waals surface area contributed by atoms with E-state index < -0.39 is 0 Å². The number of hydrogen-bond acceptors (Lipinski definition) is 4. The van der Waals surface area contributed by atoms with Gasteiger partial charge in [-0.15, -0.1) is 0 Å². The SMILES string of the molecule is COc1ccccc1C(C)NC(=O)CN(C)C(C)CO. The van der Waals surface area contributed by atoms with Crippen molar-refractivity contribution in [1.82, 2.24) is 10.2 Å². The molecule has 1 rings (SSSR count). The summed E-state index contributed by atoms with van der Waals surface area (Å²) in [6.45, 7) is 4.08. The van der Waals surface area contributed by atoms with E-state index in [0.717, 1.165) is 11.3 Å². The predicted molar refractivity (Wildman–Crippen MR) is 78.7 cm³/mol. The summed E-state index contributed by atoms with van der Waals surface area (Å²) < 4.78 is 5.29. The molecule has 112 valence electrons. The van der Waals surface area contributed by atoms with E-state index in [9.17, 15) is 4.79 Å². The molecule has 0 aliphatic rings. The summed E-state index contributed by atoms with van der Waals surface area (Å²) in [5.74, 6) is 0.684. The van der Waals surface area contributed by atoms with Crippen molar-refractivity contribution in [2.24, 2.45) is 0 Å². The van der Waals surface area contributed by atoms with Gasteiger partial charge in [0.25, 0.3) is 0 Å². The number of amides is 1. The Bertz CT molecular complexity index is 437. The molecule has 0 heterocycles. The van der Waals surface area contributed by atoms with Crippen LogP contribution < -0.4 is 10.1 Å². The molecule has 0 bridgehead atoms. The zero-order valence-corrected chi connectivity index (χ0v) is 12.6. The van der Waals surface area contributed by atoms with Crippen LogP contribution in [-0.2, 0) is 4.79 Å². The second-order valence-electron chi connectivity index (χ2n) is 4.98. The number of para-hydroxylation sites is 1. The summed E-state index contributed by atoms with van der Waals surface area (Å²) in [5.41, 5.74) is 0.946. The van der Waals surface area contributed by atoms with Crippen LogP contribution in [0.25, 0.3) is 0 Å². The van der Waals surface area contributed by atoms with E-state index in [1.54, 1.807) is 7.11 Å². The summed E-state index contributed by atoms with van der Waals surface area (Å²) in [5, 5.41) is 12.0. The molecule has 2 atom stereocenters. The van der Waals surface area contributed by atoms with Gasteiger partial charge in [0.05, 0.1) is 26.3 Å². The lowest BCUT2D eigenvalue weighted by molar-refractivity contribution is -0.123. The third-order valence-corrected chi connectivity index (χ3v) is 3.39. The number of ether oxygens (including phenoxy) is 1. The highest BCUT2D eigenvalue weighted by Gasteiger charge is 2.16. The van der Waals surface area contributed by atoms with Gasteiger partial charge >= 0.3 is 0 Å². The molecule has 0 radical (unpaired) electrons. The number of likely N-dealkylation sites (N-methyl/N-ethyl adjacent to an activating group) is 1. The van der Waals surface area contributed by atoms with Crippen LogP contribution in [0.4, 0.5) is 0 Å². The molecule has 1 aromatic rings. The highest BCUT2D eigenvalue weighted by molar-refractivity contribution is 5.78. The summed E-state index contributed by atoms with van der Waals surface area (Å²) in [6.07, 6.45) is 0. The number of benzene rings is 1. The smallest absolute Gasteiger partial charge is 0.234 e. The van der Waals surface area contributed by atoms with Crippen LogP contribution in [0.1, 0.15) is 25.5 Å². The first-order valence-corrected chi connectivity index (χ1v) is 6.73.